The highest BCUT2D eigenvalue weighted by Crippen LogP contribution is 2.34. The quantitative estimate of drug-likeness (QED) is 0.375. The van der Waals surface area contributed by atoms with Crippen LogP contribution < -0.4 is 0 Å². The number of carbonyl (C=O) groups is 1. The first-order valence-electron chi connectivity index (χ1n) is 9.23. The summed E-state index contributed by atoms with van der Waals surface area (Å²) in [6.45, 7) is 2.00. The van der Waals surface area contributed by atoms with Gasteiger partial charge in [0.25, 0.3) is 0 Å². The minimum Gasteiger partial charge on any atom is -0.438 e. The van der Waals surface area contributed by atoms with Gasteiger partial charge >= 0.3 is 6.16 Å². The van der Waals surface area contributed by atoms with E-state index in [0.717, 1.165) is 18.9 Å². The molecule has 1 aliphatic heterocycles. The molecular weight excluding hydrogens is 296 g/mol. The van der Waals surface area contributed by atoms with Crippen LogP contribution in [0.1, 0.15) is 70.6 Å². The second-order valence-electron chi connectivity index (χ2n) is 6.82. The van der Waals surface area contributed by atoms with E-state index < -0.39 is 11.9 Å². The van der Waals surface area contributed by atoms with Gasteiger partial charge < -0.3 is 18.9 Å². The van der Waals surface area contributed by atoms with Crippen LogP contribution in [0.25, 0.3) is 0 Å². The largest absolute Gasteiger partial charge is 0.510 e. The number of hydrogen-bond acceptors (Lipinski definition) is 5. The summed E-state index contributed by atoms with van der Waals surface area (Å²) in [5.74, 6) is 0.0997. The molecule has 1 heterocycles. The molecule has 0 amide bonds. The van der Waals surface area contributed by atoms with E-state index in [9.17, 15) is 4.79 Å². The highest BCUT2D eigenvalue weighted by Gasteiger charge is 2.49. The summed E-state index contributed by atoms with van der Waals surface area (Å²) in [5, 5.41) is 0. The first-order valence-corrected chi connectivity index (χ1v) is 9.23. The highest BCUT2D eigenvalue weighted by molar-refractivity contribution is 5.60. The van der Waals surface area contributed by atoms with Gasteiger partial charge in [0, 0.05) is 19.6 Å². The van der Waals surface area contributed by atoms with E-state index in [4.69, 9.17) is 14.2 Å². The molecule has 134 valence electrons. The normalized spacial score (nSPS) is 26.0. The molecule has 0 bridgehead atoms. The zero-order valence-electron chi connectivity index (χ0n) is 14.5. The molecule has 2 fully saturated rings. The maximum atomic E-state index is 11.1. The van der Waals surface area contributed by atoms with Crippen molar-refractivity contribution in [3.05, 3.63) is 0 Å². The molecule has 5 nitrogen and oxygen atoms in total. The Labute approximate surface area is 140 Å². The fourth-order valence-corrected chi connectivity index (χ4v) is 3.33. The summed E-state index contributed by atoms with van der Waals surface area (Å²) in [6, 6.07) is 0. The standard InChI is InChI=1S/C18H32O5/c1-20-17(19)23-18(15-22-18)12-8-13-21-14-11-16-9-6-4-2-3-5-7-10-16/h16H,2-15H2,1H3. The smallest absolute Gasteiger partial charge is 0.438 e. The maximum absolute atomic E-state index is 11.1. The van der Waals surface area contributed by atoms with Gasteiger partial charge in [-0.15, -0.1) is 0 Å². The topological polar surface area (TPSA) is 57.3 Å². The minimum absolute atomic E-state index is 0.462. The van der Waals surface area contributed by atoms with Crippen LogP contribution in [-0.4, -0.2) is 38.9 Å². The molecule has 1 unspecified atom stereocenters. The van der Waals surface area contributed by atoms with Crippen molar-refractivity contribution >= 4 is 6.16 Å². The van der Waals surface area contributed by atoms with E-state index in [0.29, 0.717) is 19.6 Å². The van der Waals surface area contributed by atoms with Crippen molar-refractivity contribution in [2.24, 2.45) is 5.92 Å². The predicted molar refractivity (Wildman–Crippen MR) is 87.3 cm³/mol. The Morgan fingerprint density at radius 3 is 2.35 bits per heavy atom. The van der Waals surface area contributed by atoms with Crippen molar-refractivity contribution in [2.75, 3.05) is 26.9 Å². The molecule has 1 atom stereocenters. The Morgan fingerprint density at radius 2 is 1.74 bits per heavy atom. The van der Waals surface area contributed by atoms with Crippen LogP contribution in [0.15, 0.2) is 0 Å². The maximum Gasteiger partial charge on any atom is 0.510 e. The third-order valence-corrected chi connectivity index (χ3v) is 4.89. The Bertz CT molecular complexity index is 330. The zero-order chi connectivity index (χ0) is 16.4. The summed E-state index contributed by atoms with van der Waals surface area (Å²) >= 11 is 0. The molecule has 2 aliphatic rings. The van der Waals surface area contributed by atoms with Crippen LogP contribution in [0.2, 0.25) is 0 Å². The molecule has 2 rings (SSSR count). The van der Waals surface area contributed by atoms with Gasteiger partial charge in [0.2, 0.25) is 5.79 Å². The Morgan fingerprint density at radius 1 is 1.09 bits per heavy atom. The first-order chi connectivity index (χ1) is 11.2. The van der Waals surface area contributed by atoms with Gasteiger partial charge in [-0.1, -0.05) is 51.4 Å². The fourth-order valence-electron chi connectivity index (χ4n) is 3.33. The van der Waals surface area contributed by atoms with Crippen molar-refractivity contribution in [2.45, 2.75) is 76.4 Å². The Kier molecular flexibility index (Phi) is 8.17. The molecule has 0 aromatic carbocycles. The molecule has 0 aromatic heterocycles. The lowest BCUT2D eigenvalue weighted by molar-refractivity contribution is -0.0358. The minimum atomic E-state index is -0.742. The molecule has 1 aliphatic carbocycles. The lowest BCUT2D eigenvalue weighted by atomic mass is 9.94. The molecule has 23 heavy (non-hydrogen) atoms. The van der Waals surface area contributed by atoms with Crippen molar-refractivity contribution < 1.29 is 23.7 Å². The summed E-state index contributed by atoms with van der Waals surface area (Å²) in [5.41, 5.74) is 0. The monoisotopic (exact) mass is 328 g/mol. The molecule has 1 saturated carbocycles. The molecular formula is C18H32O5. The fraction of sp³-hybridized carbons (Fsp3) is 0.944. The first kappa shape index (κ1) is 18.5. The van der Waals surface area contributed by atoms with Crippen LogP contribution in [-0.2, 0) is 18.9 Å². The van der Waals surface area contributed by atoms with E-state index >= 15 is 0 Å². The van der Waals surface area contributed by atoms with Crippen molar-refractivity contribution in [3.63, 3.8) is 0 Å². The van der Waals surface area contributed by atoms with Crippen LogP contribution in [0.4, 0.5) is 4.79 Å². The van der Waals surface area contributed by atoms with E-state index in [-0.39, 0.29) is 0 Å². The van der Waals surface area contributed by atoms with Crippen LogP contribution in [0.5, 0.6) is 0 Å². The SMILES string of the molecule is COC(=O)OC1(CCCOCCC2CCCCCCCC2)CO1. The predicted octanol–water partition coefficient (Wildman–Crippen LogP) is 4.43. The van der Waals surface area contributed by atoms with Crippen molar-refractivity contribution in [1.29, 1.82) is 0 Å². The van der Waals surface area contributed by atoms with Crippen molar-refractivity contribution in [1.82, 2.24) is 0 Å². The molecule has 5 heteroatoms. The highest BCUT2D eigenvalue weighted by atomic mass is 16.8. The van der Waals surface area contributed by atoms with Gasteiger partial charge in [-0.3, -0.25) is 0 Å². The molecule has 1 saturated heterocycles. The van der Waals surface area contributed by atoms with Gasteiger partial charge in [-0.05, 0) is 18.8 Å². The number of ether oxygens (including phenoxy) is 4. The third-order valence-electron chi connectivity index (χ3n) is 4.89. The summed E-state index contributed by atoms with van der Waals surface area (Å²) in [6.07, 6.45) is 13.2. The van der Waals surface area contributed by atoms with Gasteiger partial charge in [0.1, 0.15) is 6.61 Å². The molecule has 0 N–H and O–H groups in total. The lowest BCUT2D eigenvalue weighted by Gasteiger charge is -2.16. The van der Waals surface area contributed by atoms with Gasteiger partial charge in [0.05, 0.1) is 7.11 Å². The second-order valence-corrected chi connectivity index (χ2v) is 6.82. The van der Waals surface area contributed by atoms with Gasteiger partial charge in [0.15, 0.2) is 0 Å². The van der Waals surface area contributed by atoms with E-state index in [1.807, 2.05) is 0 Å². The molecule has 0 radical (unpaired) electrons. The van der Waals surface area contributed by atoms with Gasteiger partial charge in [-0.2, -0.15) is 0 Å². The average Bonchev–Trinajstić information content (AvgIpc) is 3.28. The lowest BCUT2D eigenvalue weighted by Crippen LogP contribution is -2.22. The number of methoxy groups -OCH3 is 1. The number of epoxide rings is 1. The van der Waals surface area contributed by atoms with E-state index in [1.165, 1.54) is 64.9 Å². The number of hydrogen-bond donors (Lipinski definition) is 0. The molecule has 0 aromatic rings. The zero-order valence-corrected chi connectivity index (χ0v) is 14.5. The Hall–Kier alpha value is -0.810. The van der Waals surface area contributed by atoms with E-state index in [2.05, 4.69) is 4.74 Å². The second kappa shape index (κ2) is 10.1. The summed E-state index contributed by atoms with van der Waals surface area (Å²) in [7, 11) is 1.30. The molecule has 0 spiro atoms. The van der Waals surface area contributed by atoms with Gasteiger partial charge in [-0.25, -0.2) is 4.79 Å². The Balaban J connectivity index is 1.49. The van der Waals surface area contributed by atoms with Crippen LogP contribution >= 0.6 is 0 Å². The summed E-state index contributed by atoms with van der Waals surface area (Å²) in [4.78, 5) is 11.1. The average molecular weight is 328 g/mol. The number of rotatable bonds is 8. The third kappa shape index (κ3) is 7.53. The summed E-state index contributed by atoms with van der Waals surface area (Å²) < 4.78 is 20.6. The van der Waals surface area contributed by atoms with Crippen molar-refractivity contribution in [3.8, 4) is 0 Å². The van der Waals surface area contributed by atoms with E-state index in [1.54, 1.807) is 0 Å². The van der Waals surface area contributed by atoms with Crippen LogP contribution in [0, 0.1) is 5.92 Å². The number of carbonyl (C=O) groups excluding carboxylic acids is 1. The van der Waals surface area contributed by atoms with Crippen LogP contribution in [0.3, 0.4) is 0 Å².